The first-order valence-corrected chi connectivity index (χ1v) is 12.8. The maximum absolute atomic E-state index is 5.93. The van der Waals surface area contributed by atoms with Gasteiger partial charge in [-0.1, -0.05) is 108 Å². The van der Waals surface area contributed by atoms with E-state index in [-0.39, 0.29) is 0 Å². The topological polar surface area (TPSA) is 9.23 Å². The van der Waals surface area contributed by atoms with Crippen molar-refractivity contribution in [2.75, 3.05) is 6.61 Å². The summed E-state index contributed by atoms with van der Waals surface area (Å²) in [6.45, 7) is 5.38. The highest BCUT2D eigenvalue weighted by molar-refractivity contribution is 5.71. The molecule has 2 aromatic carbocycles. The zero-order valence-electron chi connectivity index (χ0n) is 19.9. The molecule has 1 heteroatoms. The van der Waals surface area contributed by atoms with Crippen LogP contribution in [-0.4, -0.2) is 6.61 Å². The minimum absolute atomic E-state index is 0.828. The monoisotopic (exact) mass is 418 g/mol. The summed E-state index contributed by atoms with van der Waals surface area (Å²) in [5, 5.41) is 0. The first kappa shape index (κ1) is 23.6. The van der Waals surface area contributed by atoms with Gasteiger partial charge in [0.1, 0.15) is 5.75 Å². The SMILES string of the molecule is CCCCCCCCOc1ccc(-c2ccc(C3=CCC(CCCC)CC3)cc2)cc1. The largest absolute Gasteiger partial charge is 0.494 e. The smallest absolute Gasteiger partial charge is 0.119 e. The van der Waals surface area contributed by atoms with Gasteiger partial charge in [-0.25, -0.2) is 0 Å². The molecule has 0 heterocycles. The van der Waals surface area contributed by atoms with Crippen molar-refractivity contribution in [2.45, 2.75) is 90.9 Å². The molecule has 2 aromatic rings. The maximum Gasteiger partial charge on any atom is 0.119 e. The average Bonchev–Trinajstić information content (AvgIpc) is 2.83. The van der Waals surface area contributed by atoms with Crippen LogP contribution >= 0.6 is 0 Å². The zero-order valence-corrected chi connectivity index (χ0v) is 19.9. The molecule has 0 bridgehead atoms. The molecule has 3 rings (SSSR count). The predicted molar refractivity (Wildman–Crippen MR) is 136 cm³/mol. The fourth-order valence-electron chi connectivity index (χ4n) is 4.60. The lowest BCUT2D eigenvalue weighted by Gasteiger charge is -2.22. The normalized spacial score (nSPS) is 16.2. The van der Waals surface area contributed by atoms with Crippen LogP contribution < -0.4 is 4.74 Å². The average molecular weight is 419 g/mol. The van der Waals surface area contributed by atoms with Crippen molar-refractivity contribution in [3.8, 4) is 16.9 Å². The van der Waals surface area contributed by atoms with Crippen molar-refractivity contribution in [3.05, 3.63) is 60.2 Å². The van der Waals surface area contributed by atoms with E-state index >= 15 is 0 Å². The molecule has 0 saturated carbocycles. The highest BCUT2D eigenvalue weighted by Crippen LogP contribution is 2.33. The Labute approximate surface area is 190 Å². The van der Waals surface area contributed by atoms with E-state index < -0.39 is 0 Å². The fraction of sp³-hybridized carbons (Fsp3) is 0.533. The lowest BCUT2D eigenvalue weighted by atomic mass is 9.84. The van der Waals surface area contributed by atoms with Gasteiger partial charge in [0.15, 0.2) is 0 Å². The summed E-state index contributed by atoms with van der Waals surface area (Å²) in [5.41, 5.74) is 5.48. The second-order valence-corrected chi connectivity index (χ2v) is 9.23. The molecule has 1 aliphatic carbocycles. The third-order valence-electron chi connectivity index (χ3n) is 6.70. The second-order valence-electron chi connectivity index (χ2n) is 9.23. The highest BCUT2D eigenvalue weighted by Gasteiger charge is 2.15. The molecule has 0 saturated heterocycles. The first-order chi connectivity index (χ1) is 15.3. The van der Waals surface area contributed by atoms with E-state index in [9.17, 15) is 0 Å². The van der Waals surface area contributed by atoms with Crippen molar-refractivity contribution in [1.29, 1.82) is 0 Å². The molecule has 0 aliphatic heterocycles. The molecule has 1 unspecified atom stereocenters. The number of allylic oxidation sites excluding steroid dienone is 2. The van der Waals surface area contributed by atoms with Crippen LogP contribution in [0.2, 0.25) is 0 Å². The molecular formula is C30H42O. The van der Waals surface area contributed by atoms with Crippen LogP contribution in [0, 0.1) is 5.92 Å². The van der Waals surface area contributed by atoms with Crippen molar-refractivity contribution in [2.24, 2.45) is 5.92 Å². The third-order valence-corrected chi connectivity index (χ3v) is 6.70. The quantitative estimate of drug-likeness (QED) is 0.294. The van der Waals surface area contributed by atoms with Crippen molar-refractivity contribution in [3.63, 3.8) is 0 Å². The molecule has 0 radical (unpaired) electrons. The summed E-state index contributed by atoms with van der Waals surface area (Å²) >= 11 is 0. The van der Waals surface area contributed by atoms with Gasteiger partial charge in [-0.2, -0.15) is 0 Å². The number of ether oxygens (including phenoxy) is 1. The molecule has 31 heavy (non-hydrogen) atoms. The molecule has 0 fully saturated rings. The number of rotatable bonds is 13. The van der Waals surface area contributed by atoms with Gasteiger partial charge in [0, 0.05) is 0 Å². The van der Waals surface area contributed by atoms with Crippen LogP contribution in [0.3, 0.4) is 0 Å². The molecule has 1 atom stereocenters. The van der Waals surface area contributed by atoms with Crippen molar-refractivity contribution >= 4 is 5.57 Å². The zero-order chi connectivity index (χ0) is 21.7. The van der Waals surface area contributed by atoms with Gasteiger partial charge >= 0.3 is 0 Å². The van der Waals surface area contributed by atoms with E-state index in [1.807, 2.05) is 0 Å². The predicted octanol–water partition coefficient (Wildman–Crippen LogP) is 9.47. The Morgan fingerprint density at radius 2 is 1.32 bits per heavy atom. The van der Waals surface area contributed by atoms with Gasteiger partial charge in [0.25, 0.3) is 0 Å². The second kappa shape index (κ2) is 13.4. The Hall–Kier alpha value is -2.02. The van der Waals surface area contributed by atoms with E-state index in [4.69, 9.17) is 4.74 Å². The van der Waals surface area contributed by atoms with Crippen molar-refractivity contribution in [1.82, 2.24) is 0 Å². The molecule has 0 amide bonds. The van der Waals surface area contributed by atoms with Gasteiger partial charge in [0.05, 0.1) is 6.61 Å². The van der Waals surface area contributed by atoms with Gasteiger partial charge in [-0.15, -0.1) is 0 Å². The number of benzene rings is 2. The number of hydrogen-bond donors (Lipinski definition) is 0. The minimum Gasteiger partial charge on any atom is -0.494 e. The summed E-state index contributed by atoms with van der Waals surface area (Å²) in [4.78, 5) is 0. The van der Waals surface area contributed by atoms with E-state index in [0.717, 1.165) is 24.7 Å². The molecule has 0 N–H and O–H groups in total. The molecule has 0 aromatic heterocycles. The van der Waals surface area contributed by atoms with Gasteiger partial charge in [-0.3, -0.25) is 0 Å². The standard InChI is InChI=1S/C30H42O/c1-3-5-7-8-9-10-24-31-30-22-20-29(21-23-30)28-18-16-27(17-19-28)26-14-12-25(13-15-26)11-6-4-2/h14,16-23,25H,3-13,15,24H2,1-2H3. The fourth-order valence-corrected chi connectivity index (χ4v) is 4.60. The van der Waals surface area contributed by atoms with Crippen molar-refractivity contribution < 1.29 is 4.74 Å². The van der Waals surface area contributed by atoms with Crippen LogP contribution in [0.15, 0.2) is 54.6 Å². The summed E-state index contributed by atoms with van der Waals surface area (Å²) in [5.74, 6) is 1.89. The Balaban J connectivity index is 1.46. The highest BCUT2D eigenvalue weighted by atomic mass is 16.5. The Morgan fingerprint density at radius 3 is 1.97 bits per heavy atom. The molecule has 168 valence electrons. The number of hydrogen-bond acceptors (Lipinski definition) is 1. The Bertz CT molecular complexity index is 769. The van der Waals surface area contributed by atoms with Gasteiger partial charge in [0.2, 0.25) is 0 Å². The van der Waals surface area contributed by atoms with E-state index in [0.29, 0.717) is 0 Å². The maximum atomic E-state index is 5.93. The lowest BCUT2D eigenvalue weighted by Crippen LogP contribution is -2.05. The summed E-state index contributed by atoms with van der Waals surface area (Å²) in [6, 6.07) is 17.7. The van der Waals surface area contributed by atoms with Crippen LogP contribution in [0.4, 0.5) is 0 Å². The summed E-state index contributed by atoms with van der Waals surface area (Å²) in [7, 11) is 0. The van der Waals surface area contributed by atoms with E-state index in [1.165, 1.54) is 92.9 Å². The van der Waals surface area contributed by atoms with Crippen LogP contribution in [0.1, 0.15) is 96.5 Å². The molecule has 1 nitrogen and oxygen atoms in total. The minimum atomic E-state index is 0.828. The van der Waals surface area contributed by atoms with E-state index in [2.05, 4.69) is 68.5 Å². The summed E-state index contributed by atoms with van der Waals surface area (Å²) in [6.07, 6.45) is 18.2. The lowest BCUT2D eigenvalue weighted by molar-refractivity contribution is 0.304. The molecule has 0 spiro atoms. The molecule has 1 aliphatic rings. The Morgan fingerprint density at radius 1 is 0.710 bits per heavy atom. The van der Waals surface area contributed by atoms with Crippen LogP contribution in [0.5, 0.6) is 5.75 Å². The Kier molecular flexibility index (Phi) is 10.2. The van der Waals surface area contributed by atoms with E-state index in [1.54, 1.807) is 0 Å². The van der Waals surface area contributed by atoms with Crippen LogP contribution in [0.25, 0.3) is 16.7 Å². The first-order valence-electron chi connectivity index (χ1n) is 12.8. The molecular weight excluding hydrogens is 376 g/mol. The third kappa shape index (κ3) is 7.87. The van der Waals surface area contributed by atoms with Gasteiger partial charge < -0.3 is 4.74 Å². The van der Waals surface area contributed by atoms with Gasteiger partial charge in [-0.05, 0) is 66.0 Å². The van der Waals surface area contributed by atoms with Crippen LogP contribution in [-0.2, 0) is 0 Å². The number of unbranched alkanes of at least 4 members (excludes halogenated alkanes) is 6. The summed E-state index contributed by atoms with van der Waals surface area (Å²) < 4.78 is 5.93.